The van der Waals surface area contributed by atoms with Crippen LogP contribution in [0.4, 0.5) is 0 Å². The van der Waals surface area contributed by atoms with E-state index >= 15 is 0 Å². The van der Waals surface area contributed by atoms with Crippen molar-refractivity contribution in [3.8, 4) is 0 Å². The fraction of sp³-hybridized carbons (Fsp3) is 0.250. The van der Waals surface area contributed by atoms with Gasteiger partial charge in [-0.05, 0) is 26.0 Å². The second kappa shape index (κ2) is 3.12. The van der Waals surface area contributed by atoms with Crippen molar-refractivity contribution >= 4 is 16.9 Å². The number of rotatable bonds is 1. The zero-order chi connectivity index (χ0) is 11.2. The predicted octanol–water partition coefficient (Wildman–Crippen LogP) is 2.49. The molecule has 78 valence electrons. The van der Waals surface area contributed by atoms with Gasteiger partial charge in [0.15, 0.2) is 0 Å². The van der Waals surface area contributed by atoms with Crippen molar-refractivity contribution in [1.82, 2.24) is 4.57 Å². The summed E-state index contributed by atoms with van der Waals surface area (Å²) < 4.78 is 1.91. The quantitative estimate of drug-likeness (QED) is 0.773. The van der Waals surface area contributed by atoms with Gasteiger partial charge in [0, 0.05) is 23.6 Å². The first-order valence-electron chi connectivity index (χ1n) is 4.81. The number of aryl methyl sites for hydroxylation is 2. The first-order chi connectivity index (χ1) is 7.02. The Balaban J connectivity index is 2.95. The molecule has 15 heavy (non-hydrogen) atoms. The molecule has 0 radical (unpaired) electrons. The van der Waals surface area contributed by atoms with Gasteiger partial charge >= 0.3 is 5.97 Å². The molecule has 0 saturated heterocycles. The summed E-state index contributed by atoms with van der Waals surface area (Å²) in [5.41, 5.74) is 3.26. The second-order valence-electron chi connectivity index (χ2n) is 3.85. The molecular weight excluding hydrogens is 190 g/mol. The molecule has 3 nitrogen and oxygen atoms in total. The van der Waals surface area contributed by atoms with Gasteiger partial charge in [-0.25, -0.2) is 4.79 Å². The standard InChI is InChI=1S/C12H13NO2/c1-7-4-5-10-9(6-7)11(12(14)15)8(2)13(10)3/h4-6H,1-3H3,(H,14,15). The van der Waals surface area contributed by atoms with Gasteiger partial charge in [-0.15, -0.1) is 0 Å². The second-order valence-corrected chi connectivity index (χ2v) is 3.85. The van der Waals surface area contributed by atoms with Gasteiger partial charge in [0.1, 0.15) is 0 Å². The van der Waals surface area contributed by atoms with Crippen LogP contribution in [0.5, 0.6) is 0 Å². The summed E-state index contributed by atoms with van der Waals surface area (Å²) >= 11 is 0. The Morgan fingerprint density at radius 1 is 1.33 bits per heavy atom. The van der Waals surface area contributed by atoms with Crippen molar-refractivity contribution in [3.05, 3.63) is 35.0 Å². The maximum Gasteiger partial charge on any atom is 0.338 e. The normalized spacial score (nSPS) is 10.9. The molecule has 2 aromatic rings. The molecule has 0 fully saturated rings. The Bertz CT molecular complexity index is 552. The fourth-order valence-corrected chi connectivity index (χ4v) is 1.96. The third-order valence-corrected chi connectivity index (χ3v) is 2.86. The van der Waals surface area contributed by atoms with E-state index in [4.69, 9.17) is 5.11 Å². The van der Waals surface area contributed by atoms with E-state index < -0.39 is 5.97 Å². The molecule has 1 aromatic heterocycles. The van der Waals surface area contributed by atoms with Crippen LogP contribution in [0.3, 0.4) is 0 Å². The zero-order valence-corrected chi connectivity index (χ0v) is 9.03. The van der Waals surface area contributed by atoms with Crippen LogP contribution in [0.1, 0.15) is 21.6 Å². The predicted molar refractivity (Wildman–Crippen MR) is 59.4 cm³/mol. The first-order valence-corrected chi connectivity index (χ1v) is 4.81. The van der Waals surface area contributed by atoms with Crippen molar-refractivity contribution in [2.24, 2.45) is 7.05 Å². The third kappa shape index (κ3) is 1.31. The molecule has 1 aromatic carbocycles. The molecule has 3 heteroatoms. The number of hydrogen-bond donors (Lipinski definition) is 1. The monoisotopic (exact) mass is 203 g/mol. The highest BCUT2D eigenvalue weighted by Crippen LogP contribution is 2.25. The van der Waals surface area contributed by atoms with E-state index in [1.54, 1.807) is 0 Å². The number of carboxylic acids is 1. The molecule has 0 unspecified atom stereocenters. The molecule has 0 amide bonds. The average Bonchev–Trinajstić information content (AvgIpc) is 2.39. The van der Waals surface area contributed by atoms with Crippen LogP contribution in [-0.4, -0.2) is 15.6 Å². The lowest BCUT2D eigenvalue weighted by molar-refractivity contribution is 0.0698. The van der Waals surface area contributed by atoms with Gasteiger partial charge in [-0.1, -0.05) is 11.6 Å². The van der Waals surface area contributed by atoms with Crippen molar-refractivity contribution in [1.29, 1.82) is 0 Å². The lowest BCUT2D eigenvalue weighted by Gasteiger charge is -1.98. The largest absolute Gasteiger partial charge is 0.478 e. The maximum atomic E-state index is 11.1. The van der Waals surface area contributed by atoms with Crippen LogP contribution in [0.2, 0.25) is 0 Å². The van der Waals surface area contributed by atoms with E-state index in [2.05, 4.69) is 0 Å². The van der Waals surface area contributed by atoms with E-state index in [1.807, 2.05) is 43.7 Å². The van der Waals surface area contributed by atoms with E-state index in [9.17, 15) is 4.79 Å². The molecule has 1 heterocycles. The van der Waals surface area contributed by atoms with Gasteiger partial charge in [-0.2, -0.15) is 0 Å². The van der Waals surface area contributed by atoms with Gasteiger partial charge in [0.25, 0.3) is 0 Å². The zero-order valence-electron chi connectivity index (χ0n) is 9.03. The number of carbonyl (C=O) groups is 1. The average molecular weight is 203 g/mol. The molecular formula is C12H13NO2. The Morgan fingerprint density at radius 3 is 2.60 bits per heavy atom. The summed E-state index contributed by atoms with van der Waals surface area (Å²) in [6.07, 6.45) is 0. The molecule has 0 saturated carbocycles. The van der Waals surface area contributed by atoms with Crippen molar-refractivity contribution in [2.75, 3.05) is 0 Å². The number of aromatic carboxylic acids is 1. The van der Waals surface area contributed by atoms with E-state index in [0.717, 1.165) is 22.2 Å². The van der Waals surface area contributed by atoms with E-state index in [-0.39, 0.29) is 0 Å². The highest BCUT2D eigenvalue weighted by Gasteiger charge is 2.17. The minimum atomic E-state index is -0.858. The Kier molecular flexibility index (Phi) is 2.03. The highest BCUT2D eigenvalue weighted by molar-refractivity contribution is 6.05. The van der Waals surface area contributed by atoms with Crippen LogP contribution >= 0.6 is 0 Å². The molecule has 0 aliphatic rings. The van der Waals surface area contributed by atoms with Crippen molar-refractivity contribution in [3.63, 3.8) is 0 Å². The SMILES string of the molecule is Cc1ccc2c(c1)c(C(=O)O)c(C)n2C. The summed E-state index contributed by atoms with van der Waals surface area (Å²) in [6.45, 7) is 3.80. The van der Waals surface area contributed by atoms with Gasteiger partial charge in [0.05, 0.1) is 5.56 Å². The number of fused-ring (bicyclic) bond motifs is 1. The summed E-state index contributed by atoms with van der Waals surface area (Å²) in [7, 11) is 1.89. The Morgan fingerprint density at radius 2 is 2.00 bits per heavy atom. The van der Waals surface area contributed by atoms with Gasteiger partial charge in [0.2, 0.25) is 0 Å². The summed E-state index contributed by atoms with van der Waals surface area (Å²) in [5.74, 6) is -0.858. The summed E-state index contributed by atoms with van der Waals surface area (Å²) in [4.78, 5) is 11.1. The molecule has 2 rings (SSSR count). The summed E-state index contributed by atoms with van der Waals surface area (Å²) in [6, 6.07) is 5.88. The van der Waals surface area contributed by atoms with Crippen LogP contribution in [0.25, 0.3) is 10.9 Å². The minimum Gasteiger partial charge on any atom is -0.478 e. The van der Waals surface area contributed by atoms with E-state index in [1.165, 1.54) is 0 Å². The van der Waals surface area contributed by atoms with E-state index in [0.29, 0.717) is 5.56 Å². The van der Waals surface area contributed by atoms with Crippen LogP contribution in [-0.2, 0) is 7.05 Å². The van der Waals surface area contributed by atoms with Crippen molar-refractivity contribution < 1.29 is 9.90 Å². The highest BCUT2D eigenvalue weighted by atomic mass is 16.4. The number of aromatic nitrogens is 1. The molecule has 0 atom stereocenters. The number of carboxylic acid groups (broad SMARTS) is 1. The first kappa shape index (κ1) is 9.77. The third-order valence-electron chi connectivity index (χ3n) is 2.86. The molecule has 0 spiro atoms. The molecule has 1 N–H and O–H groups in total. The van der Waals surface area contributed by atoms with Gasteiger partial charge in [-0.3, -0.25) is 0 Å². The molecule has 0 aliphatic heterocycles. The molecule has 0 bridgehead atoms. The smallest absolute Gasteiger partial charge is 0.338 e. The molecule has 0 aliphatic carbocycles. The van der Waals surface area contributed by atoms with Crippen LogP contribution in [0, 0.1) is 13.8 Å². The number of benzene rings is 1. The fourth-order valence-electron chi connectivity index (χ4n) is 1.96. The summed E-state index contributed by atoms with van der Waals surface area (Å²) in [5, 5.41) is 9.98. The van der Waals surface area contributed by atoms with Crippen molar-refractivity contribution in [2.45, 2.75) is 13.8 Å². The topological polar surface area (TPSA) is 42.2 Å². The lowest BCUT2D eigenvalue weighted by Crippen LogP contribution is -1.99. The van der Waals surface area contributed by atoms with Crippen LogP contribution < -0.4 is 0 Å². The van der Waals surface area contributed by atoms with Crippen LogP contribution in [0.15, 0.2) is 18.2 Å². The number of hydrogen-bond acceptors (Lipinski definition) is 1. The Hall–Kier alpha value is -1.77. The lowest BCUT2D eigenvalue weighted by atomic mass is 10.1. The maximum absolute atomic E-state index is 11.1. The number of nitrogens with zero attached hydrogens (tertiary/aromatic N) is 1. The Labute approximate surface area is 87.9 Å². The van der Waals surface area contributed by atoms with Gasteiger partial charge < -0.3 is 9.67 Å². The minimum absolute atomic E-state index is 0.413.